The molecule has 3 aromatic carbocycles. The molecule has 0 spiro atoms. The first-order valence-electron chi connectivity index (χ1n) is 12.3. The number of rotatable bonds is 2. The van der Waals surface area contributed by atoms with Gasteiger partial charge >= 0.3 is 0 Å². The molecule has 3 aliphatic rings. The molecule has 0 saturated heterocycles. The Morgan fingerprint density at radius 3 is 1.83 bits per heavy atom. The maximum atomic E-state index is 6.41. The van der Waals surface area contributed by atoms with Gasteiger partial charge in [0.25, 0.3) is 6.71 Å². The van der Waals surface area contributed by atoms with Gasteiger partial charge in [0.15, 0.2) is 0 Å². The third-order valence-corrected chi connectivity index (χ3v) is 7.81. The van der Waals surface area contributed by atoms with E-state index in [2.05, 4.69) is 64.1 Å². The summed E-state index contributed by atoms with van der Waals surface area (Å²) in [5.74, 6) is 3.99. The van der Waals surface area contributed by atoms with Crippen LogP contribution >= 0.6 is 0 Å². The summed E-state index contributed by atoms with van der Waals surface area (Å²) >= 11 is 0. The van der Waals surface area contributed by atoms with Gasteiger partial charge in [0, 0.05) is 17.2 Å². The fourth-order valence-electron chi connectivity index (χ4n) is 5.13. The van der Waals surface area contributed by atoms with E-state index in [1.165, 1.54) is 0 Å². The molecule has 6 heteroatoms. The van der Waals surface area contributed by atoms with Crippen molar-refractivity contribution >= 4 is 29.0 Å². The molecule has 176 valence electrons. The third-order valence-electron chi connectivity index (χ3n) is 7.81. The summed E-state index contributed by atoms with van der Waals surface area (Å²) in [5, 5.41) is 0. The molecule has 4 heterocycles. The Kier molecular flexibility index (Phi) is 4.27. The summed E-state index contributed by atoms with van der Waals surface area (Å²) in [6.45, 7) is 8.37. The monoisotopic (exact) mass is 472 g/mol. The number of pyridine rings is 1. The van der Waals surface area contributed by atoms with E-state index in [0.717, 1.165) is 56.2 Å². The molecule has 1 aromatic heterocycles. The van der Waals surface area contributed by atoms with Crippen LogP contribution < -0.4 is 25.9 Å². The zero-order valence-electron chi connectivity index (χ0n) is 20.7. The Labute approximate surface area is 210 Å². The molecule has 4 aromatic rings. The highest BCUT2D eigenvalue weighted by atomic mass is 16.5. The predicted molar refractivity (Wildman–Crippen MR) is 143 cm³/mol. The summed E-state index contributed by atoms with van der Waals surface area (Å²) in [7, 11) is 0. The summed E-state index contributed by atoms with van der Waals surface area (Å²) in [5.41, 5.74) is 5.32. The number of ether oxygens (including phenoxy) is 3. The first kappa shape index (κ1) is 21.2. The van der Waals surface area contributed by atoms with Gasteiger partial charge in [-0.25, -0.2) is 4.99 Å². The zero-order valence-corrected chi connectivity index (χ0v) is 20.7. The van der Waals surface area contributed by atoms with Gasteiger partial charge in [0.2, 0.25) is 5.90 Å². The smallest absolute Gasteiger partial charge is 0.260 e. The lowest BCUT2D eigenvalue weighted by Crippen LogP contribution is -2.57. The number of aliphatic imine (C=N–C) groups is 1. The molecule has 0 bridgehead atoms. The molecule has 0 amide bonds. The van der Waals surface area contributed by atoms with Gasteiger partial charge in [0.05, 0.1) is 16.8 Å². The summed E-state index contributed by atoms with van der Waals surface area (Å²) in [6, 6.07) is 24.6. The van der Waals surface area contributed by atoms with Crippen LogP contribution in [-0.4, -0.2) is 28.7 Å². The molecule has 7 rings (SSSR count). The summed E-state index contributed by atoms with van der Waals surface area (Å²) in [4.78, 5) is 9.57. The number of para-hydroxylation sites is 2. The molecule has 0 atom stereocenters. The van der Waals surface area contributed by atoms with E-state index in [1.54, 1.807) is 0 Å². The van der Waals surface area contributed by atoms with Gasteiger partial charge in [-0.1, -0.05) is 36.4 Å². The minimum absolute atomic E-state index is 0.0681. The van der Waals surface area contributed by atoms with Gasteiger partial charge in [-0.2, -0.15) is 0 Å². The molecular weight excluding hydrogens is 447 g/mol. The molecule has 36 heavy (non-hydrogen) atoms. The van der Waals surface area contributed by atoms with E-state index in [9.17, 15) is 0 Å². The topological polar surface area (TPSA) is 52.9 Å². The summed E-state index contributed by atoms with van der Waals surface area (Å²) in [6.07, 6.45) is 1.83. The van der Waals surface area contributed by atoms with Gasteiger partial charge in [-0.3, -0.25) is 4.98 Å². The standard InChI is InChI=1S/C30H25BN2O3/c1-29(2)30(3,4)36-28(33-29)18-13-14-22(32-17-18)19-15-25-27-26(16-19)35-24-12-8-6-10-21(24)31(27)20-9-5-7-11-23(20)34-25/h5-17H,1-4H3. The van der Waals surface area contributed by atoms with E-state index in [0.29, 0.717) is 5.90 Å². The van der Waals surface area contributed by atoms with Crippen molar-refractivity contribution in [2.45, 2.75) is 38.8 Å². The quantitative estimate of drug-likeness (QED) is 0.340. The van der Waals surface area contributed by atoms with Crippen molar-refractivity contribution in [3.8, 4) is 34.3 Å². The maximum absolute atomic E-state index is 6.41. The predicted octanol–water partition coefficient (Wildman–Crippen LogP) is 4.81. The number of hydrogen-bond acceptors (Lipinski definition) is 5. The van der Waals surface area contributed by atoms with Crippen LogP contribution in [0.15, 0.2) is 84.0 Å². The average Bonchev–Trinajstić information content (AvgIpc) is 3.10. The maximum Gasteiger partial charge on any atom is 0.260 e. The third kappa shape index (κ3) is 3.03. The van der Waals surface area contributed by atoms with Crippen LogP contribution in [0.25, 0.3) is 11.3 Å². The highest BCUT2D eigenvalue weighted by Crippen LogP contribution is 2.39. The lowest BCUT2D eigenvalue weighted by molar-refractivity contribution is 0.0619. The van der Waals surface area contributed by atoms with E-state index < -0.39 is 0 Å². The van der Waals surface area contributed by atoms with Crippen molar-refractivity contribution in [3.63, 3.8) is 0 Å². The molecule has 5 nitrogen and oxygen atoms in total. The first-order chi connectivity index (χ1) is 17.3. The van der Waals surface area contributed by atoms with E-state index in [-0.39, 0.29) is 17.9 Å². The number of aromatic nitrogens is 1. The van der Waals surface area contributed by atoms with Crippen LogP contribution in [0.5, 0.6) is 23.0 Å². The van der Waals surface area contributed by atoms with Crippen molar-refractivity contribution in [1.82, 2.24) is 4.98 Å². The van der Waals surface area contributed by atoms with Crippen molar-refractivity contribution in [2.75, 3.05) is 0 Å². The normalized spacial score (nSPS) is 17.6. The van der Waals surface area contributed by atoms with Crippen molar-refractivity contribution in [2.24, 2.45) is 4.99 Å². The van der Waals surface area contributed by atoms with Gasteiger partial charge in [0.1, 0.15) is 28.6 Å². The van der Waals surface area contributed by atoms with Crippen LogP contribution in [0.2, 0.25) is 0 Å². The highest BCUT2D eigenvalue weighted by Gasteiger charge is 2.45. The Balaban J connectivity index is 1.31. The van der Waals surface area contributed by atoms with Crippen LogP contribution in [0.4, 0.5) is 0 Å². The molecule has 0 fully saturated rings. The Morgan fingerprint density at radius 1 is 0.694 bits per heavy atom. The van der Waals surface area contributed by atoms with Crippen molar-refractivity contribution in [3.05, 3.63) is 84.6 Å². The molecule has 0 N–H and O–H groups in total. The number of fused-ring (bicyclic) bond motifs is 4. The highest BCUT2D eigenvalue weighted by molar-refractivity contribution is 6.98. The molecule has 0 radical (unpaired) electrons. The van der Waals surface area contributed by atoms with E-state index >= 15 is 0 Å². The van der Waals surface area contributed by atoms with Crippen LogP contribution in [0.1, 0.15) is 33.3 Å². The van der Waals surface area contributed by atoms with Gasteiger partial charge < -0.3 is 14.2 Å². The number of benzene rings is 3. The lowest BCUT2D eigenvalue weighted by atomic mass is 9.35. The lowest BCUT2D eigenvalue weighted by Gasteiger charge is -2.33. The van der Waals surface area contributed by atoms with Crippen molar-refractivity contribution in [1.29, 1.82) is 0 Å². The minimum atomic E-state index is -0.375. The second-order valence-corrected chi connectivity index (χ2v) is 10.6. The van der Waals surface area contributed by atoms with Crippen LogP contribution in [0.3, 0.4) is 0 Å². The minimum Gasteiger partial charge on any atom is -0.469 e. The fourth-order valence-corrected chi connectivity index (χ4v) is 5.13. The Hall–Kier alpha value is -4.06. The molecule has 0 aliphatic carbocycles. The fraction of sp³-hybridized carbons (Fsp3) is 0.200. The molecule has 3 aliphatic heterocycles. The van der Waals surface area contributed by atoms with Gasteiger partial charge in [-0.05, 0) is 75.0 Å². The second kappa shape index (κ2) is 7.23. The summed E-state index contributed by atoms with van der Waals surface area (Å²) < 4.78 is 19.0. The van der Waals surface area contributed by atoms with Crippen molar-refractivity contribution < 1.29 is 14.2 Å². The molecule has 0 saturated carbocycles. The Bertz CT molecular complexity index is 1500. The van der Waals surface area contributed by atoms with E-state index in [4.69, 9.17) is 24.2 Å². The van der Waals surface area contributed by atoms with Crippen LogP contribution in [0, 0.1) is 0 Å². The second-order valence-electron chi connectivity index (χ2n) is 10.6. The van der Waals surface area contributed by atoms with Gasteiger partial charge in [-0.15, -0.1) is 0 Å². The largest absolute Gasteiger partial charge is 0.469 e. The van der Waals surface area contributed by atoms with Crippen LogP contribution in [-0.2, 0) is 4.74 Å². The Morgan fingerprint density at radius 2 is 1.31 bits per heavy atom. The zero-order chi connectivity index (χ0) is 24.7. The number of nitrogens with zero attached hydrogens (tertiary/aromatic N) is 2. The van der Waals surface area contributed by atoms with E-state index in [1.807, 2.05) is 42.6 Å². The first-order valence-corrected chi connectivity index (χ1v) is 12.3. The molecular formula is C30H25BN2O3. The number of hydrogen-bond donors (Lipinski definition) is 0. The molecule has 0 unspecified atom stereocenters. The SMILES string of the molecule is CC1(C)N=C(c2ccc(-c3cc4c5c(c3)Oc3ccccc3B5c3ccccc3O4)nc2)OC1(C)C. The average molecular weight is 472 g/mol.